The summed E-state index contributed by atoms with van der Waals surface area (Å²) in [6, 6.07) is 8.38. The highest BCUT2D eigenvalue weighted by Crippen LogP contribution is 2.27. The first-order valence-electron chi connectivity index (χ1n) is 8.69. The minimum Gasteiger partial charge on any atom is -0.258 e. The molecule has 0 aliphatic carbocycles. The number of nitrogens with zero attached hydrogens (tertiary/aromatic N) is 1. The van der Waals surface area contributed by atoms with E-state index in [0.717, 1.165) is 12.1 Å². The summed E-state index contributed by atoms with van der Waals surface area (Å²) in [4.78, 5) is 9.86. The van der Waals surface area contributed by atoms with E-state index in [9.17, 15) is 27.1 Å². The van der Waals surface area contributed by atoms with Crippen LogP contribution in [0.1, 0.15) is 32.4 Å². The molecule has 0 radical (unpaired) electrons. The van der Waals surface area contributed by atoms with Crippen LogP contribution in [-0.4, -0.2) is 28.8 Å². The number of halogens is 2. The minimum atomic E-state index is -4.30. The highest BCUT2D eigenvalue weighted by molar-refractivity contribution is 9.10. The van der Waals surface area contributed by atoms with Crippen molar-refractivity contribution in [1.29, 1.82) is 0 Å². The lowest BCUT2D eigenvalue weighted by atomic mass is 10.1. The topological polar surface area (TPSA) is 118 Å². The maximum atomic E-state index is 14.7. The molecule has 2 N–H and O–H groups in total. The summed E-state index contributed by atoms with van der Waals surface area (Å²) < 4.78 is 57.1. The number of nitro groups is 1. The Hall–Kier alpha value is -1.73. The second-order valence-electron chi connectivity index (χ2n) is 7.27. The summed E-state index contributed by atoms with van der Waals surface area (Å²) in [5.41, 5.74) is -0.492. The van der Waals surface area contributed by atoms with Gasteiger partial charge in [0.05, 0.1) is 31.2 Å². The molecule has 0 aliphatic heterocycles. The van der Waals surface area contributed by atoms with Crippen molar-refractivity contribution in [3.8, 4) is 0 Å². The average Bonchev–Trinajstić information content (AvgIpc) is 2.66. The van der Waals surface area contributed by atoms with Gasteiger partial charge in [-0.15, -0.1) is 0 Å². The Morgan fingerprint density at radius 1 is 1.20 bits per heavy atom. The molecule has 0 saturated carbocycles. The lowest BCUT2D eigenvalue weighted by Crippen LogP contribution is -2.41. The van der Waals surface area contributed by atoms with Crippen LogP contribution in [0.15, 0.2) is 51.8 Å². The summed E-state index contributed by atoms with van der Waals surface area (Å²) in [6.07, 6.45) is 0. The monoisotopic (exact) mass is 521 g/mol. The van der Waals surface area contributed by atoms with Gasteiger partial charge in [-0.1, -0.05) is 24.3 Å². The first kappa shape index (κ1) is 24.5. The molecule has 0 aliphatic rings. The maximum Gasteiger partial charge on any atom is 0.289 e. The van der Waals surface area contributed by atoms with Crippen LogP contribution in [0.25, 0.3) is 0 Å². The molecular weight excluding hydrogens is 501 g/mol. The molecule has 2 aromatic carbocycles. The summed E-state index contributed by atoms with van der Waals surface area (Å²) in [5.74, 6) is -0.634. The van der Waals surface area contributed by atoms with E-state index in [0.29, 0.717) is 0 Å². The molecule has 164 valence electrons. The van der Waals surface area contributed by atoms with E-state index in [1.165, 1.54) is 24.3 Å². The van der Waals surface area contributed by atoms with Crippen molar-refractivity contribution in [2.24, 2.45) is 0 Å². The van der Waals surface area contributed by atoms with Crippen molar-refractivity contribution in [2.75, 3.05) is 6.54 Å². The third-order valence-corrected chi connectivity index (χ3v) is 7.69. The van der Waals surface area contributed by atoms with Gasteiger partial charge < -0.3 is 0 Å². The molecule has 12 heteroatoms. The second kappa shape index (κ2) is 9.60. The fourth-order valence-electron chi connectivity index (χ4n) is 2.42. The first-order valence-corrected chi connectivity index (χ1v) is 12.1. The van der Waals surface area contributed by atoms with E-state index >= 15 is 0 Å². The molecule has 2 aromatic rings. The summed E-state index contributed by atoms with van der Waals surface area (Å²) >= 11 is 3.08. The lowest BCUT2D eigenvalue weighted by Gasteiger charge is -2.25. The van der Waals surface area contributed by atoms with Crippen molar-refractivity contribution >= 4 is 42.6 Å². The van der Waals surface area contributed by atoms with E-state index < -0.39 is 53.1 Å². The van der Waals surface area contributed by atoms with Crippen molar-refractivity contribution in [3.05, 3.63) is 68.4 Å². The van der Waals surface area contributed by atoms with E-state index in [-0.39, 0.29) is 16.6 Å². The van der Waals surface area contributed by atoms with Crippen LogP contribution < -0.4 is 9.44 Å². The smallest absolute Gasteiger partial charge is 0.258 e. The molecular formula is C18H21BrFN3O5S2. The molecule has 0 fully saturated rings. The number of para-hydroxylation sites is 1. The Kier molecular flexibility index (Phi) is 7.85. The molecule has 2 rings (SSSR count). The largest absolute Gasteiger partial charge is 0.289 e. The van der Waals surface area contributed by atoms with Gasteiger partial charge in [-0.25, -0.2) is 26.5 Å². The van der Waals surface area contributed by atoms with Crippen molar-refractivity contribution in [1.82, 2.24) is 9.44 Å². The number of nitrogens with one attached hydrogen (secondary N) is 2. The molecule has 8 nitrogen and oxygen atoms in total. The second-order valence-corrected chi connectivity index (χ2v) is 11.9. The highest BCUT2D eigenvalue weighted by Gasteiger charge is 2.29. The average molecular weight is 522 g/mol. The number of rotatable bonds is 8. The van der Waals surface area contributed by atoms with Crippen LogP contribution in [0.2, 0.25) is 0 Å². The fraction of sp³-hybridized carbons (Fsp3) is 0.333. The zero-order valence-corrected chi connectivity index (χ0v) is 19.6. The molecule has 0 saturated heterocycles. The number of hydrogen-bond donors (Lipinski definition) is 2. The Morgan fingerprint density at radius 3 is 2.43 bits per heavy atom. The number of benzene rings is 2. The highest BCUT2D eigenvalue weighted by atomic mass is 79.9. The van der Waals surface area contributed by atoms with Gasteiger partial charge in [-0.3, -0.25) is 10.1 Å². The number of hydrogen-bond acceptors (Lipinski definition) is 5. The molecule has 0 bridgehead atoms. The van der Waals surface area contributed by atoms with Crippen LogP contribution in [0, 0.1) is 15.9 Å². The Balaban J connectivity index is 2.38. The number of nitro benzene ring substituents is 1. The SMILES string of the molecule is CC(C)(C)[S@](=O)N[C@H](CNS(=O)(=O)c1ccccc1[N+](=O)[O-])c1cccc(Br)c1F. The molecule has 0 unspecified atom stereocenters. The van der Waals surface area contributed by atoms with Gasteiger partial charge in [-0.05, 0) is 48.8 Å². The first-order chi connectivity index (χ1) is 13.8. The molecule has 0 amide bonds. The Bertz CT molecular complexity index is 1070. The summed E-state index contributed by atoms with van der Waals surface area (Å²) in [7, 11) is -5.94. The van der Waals surface area contributed by atoms with E-state index in [4.69, 9.17) is 0 Å². The fourth-order valence-corrected chi connectivity index (χ4v) is 4.84. The molecule has 0 aromatic heterocycles. The third kappa shape index (κ3) is 5.91. The predicted molar refractivity (Wildman–Crippen MR) is 116 cm³/mol. The van der Waals surface area contributed by atoms with Gasteiger partial charge in [-0.2, -0.15) is 0 Å². The standard InChI is InChI=1S/C18H21BrFN3O5S2/c1-18(2,3)29(26)22-14(12-7-6-8-13(19)17(12)20)11-21-30(27,28)16-10-5-4-9-15(16)23(24)25/h4-10,14,21-22H,11H2,1-3H3/t14-,29+/m1/s1. The minimum absolute atomic E-state index is 0.0900. The summed E-state index contributed by atoms with van der Waals surface area (Å²) in [6.45, 7) is 4.75. The van der Waals surface area contributed by atoms with Crippen molar-refractivity contribution in [2.45, 2.75) is 36.5 Å². The normalized spacial score (nSPS) is 14.3. The van der Waals surface area contributed by atoms with E-state index in [1.807, 2.05) is 0 Å². The third-order valence-electron chi connectivity index (χ3n) is 3.99. The predicted octanol–water partition coefficient (Wildman–Crippen LogP) is 3.57. The van der Waals surface area contributed by atoms with Crippen LogP contribution in [0.4, 0.5) is 10.1 Å². The van der Waals surface area contributed by atoms with Gasteiger partial charge >= 0.3 is 0 Å². The van der Waals surface area contributed by atoms with Gasteiger partial charge in [0.1, 0.15) is 5.82 Å². The molecule has 0 spiro atoms. The molecule has 30 heavy (non-hydrogen) atoms. The van der Waals surface area contributed by atoms with E-state index in [2.05, 4.69) is 25.4 Å². The zero-order chi connectivity index (χ0) is 22.7. The van der Waals surface area contributed by atoms with E-state index in [1.54, 1.807) is 26.8 Å². The van der Waals surface area contributed by atoms with Crippen molar-refractivity contribution in [3.63, 3.8) is 0 Å². The van der Waals surface area contributed by atoms with Gasteiger partial charge in [0.2, 0.25) is 10.0 Å². The molecule has 0 heterocycles. The lowest BCUT2D eigenvalue weighted by molar-refractivity contribution is -0.387. The maximum absolute atomic E-state index is 14.7. The quantitative estimate of drug-likeness (QED) is 0.406. The van der Waals surface area contributed by atoms with Gasteiger partial charge in [0.25, 0.3) is 5.69 Å². The van der Waals surface area contributed by atoms with Gasteiger partial charge in [0, 0.05) is 18.2 Å². The van der Waals surface area contributed by atoms with Crippen LogP contribution >= 0.6 is 15.9 Å². The Morgan fingerprint density at radius 2 is 1.83 bits per heavy atom. The number of sulfonamides is 1. The van der Waals surface area contributed by atoms with Crippen molar-refractivity contribution < 1.29 is 21.9 Å². The zero-order valence-electron chi connectivity index (χ0n) is 16.4. The molecule has 2 atom stereocenters. The van der Waals surface area contributed by atoms with Crippen LogP contribution in [-0.2, 0) is 21.0 Å². The Labute approximate surface area is 185 Å². The van der Waals surface area contributed by atoms with Gasteiger partial charge in [0.15, 0.2) is 4.90 Å². The van der Waals surface area contributed by atoms with Crippen LogP contribution in [0.5, 0.6) is 0 Å². The summed E-state index contributed by atoms with van der Waals surface area (Å²) in [5, 5.41) is 11.2. The van der Waals surface area contributed by atoms with Crippen LogP contribution in [0.3, 0.4) is 0 Å².